The Hall–Kier alpha value is -1.66. The number of hydrogen-bond acceptors (Lipinski definition) is 4. The summed E-state index contributed by atoms with van der Waals surface area (Å²) in [7, 11) is 0. The molecular weight excluding hydrogens is 198 g/mol. The first kappa shape index (κ1) is 9.88. The van der Waals surface area contributed by atoms with Crippen LogP contribution in [-0.2, 0) is 6.54 Å². The molecule has 1 aliphatic heterocycles. The molecule has 0 bridgehead atoms. The van der Waals surface area contributed by atoms with Gasteiger partial charge >= 0.3 is 6.09 Å². The van der Waals surface area contributed by atoms with Crippen molar-refractivity contribution in [3.8, 4) is 0 Å². The van der Waals surface area contributed by atoms with E-state index in [1.54, 1.807) is 0 Å². The van der Waals surface area contributed by atoms with Gasteiger partial charge in [-0.2, -0.15) is 4.80 Å². The van der Waals surface area contributed by atoms with E-state index in [0.717, 1.165) is 12.8 Å². The van der Waals surface area contributed by atoms with Crippen LogP contribution in [0, 0.1) is 5.92 Å². The Kier molecular flexibility index (Phi) is 2.79. The minimum absolute atomic E-state index is 0.295. The largest absolute Gasteiger partial charge is 0.465 e. The van der Waals surface area contributed by atoms with Crippen molar-refractivity contribution in [2.24, 2.45) is 5.92 Å². The molecule has 82 valence electrons. The number of piperidine rings is 1. The number of amides is 1. The van der Waals surface area contributed by atoms with Gasteiger partial charge in [0.25, 0.3) is 0 Å². The zero-order valence-corrected chi connectivity index (χ0v) is 8.28. The summed E-state index contributed by atoms with van der Waals surface area (Å²) < 4.78 is 0. The second kappa shape index (κ2) is 4.24. The highest BCUT2D eigenvalue weighted by Gasteiger charge is 2.23. The number of carbonyl (C=O) groups is 1. The van der Waals surface area contributed by atoms with E-state index in [4.69, 9.17) is 5.11 Å². The fourth-order valence-corrected chi connectivity index (χ4v) is 1.89. The van der Waals surface area contributed by atoms with Gasteiger partial charge in [-0.1, -0.05) is 0 Å². The summed E-state index contributed by atoms with van der Waals surface area (Å²) in [6.45, 7) is 1.84. The van der Waals surface area contributed by atoms with Gasteiger partial charge < -0.3 is 10.0 Å². The Bertz CT molecular complexity index is 326. The summed E-state index contributed by atoms with van der Waals surface area (Å²) in [6.07, 6.45) is 2.47. The van der Waals surface area contributed by atoms with Gasteiger partial charge in [0.15, 0.2) is 6.33 Å². The summed E-state index contributed by atoms with van der Waals surface area (Å²) in [5.74, 6) is 0.295. The van der Waals surface area contributed by atoms with E-state index in [2.05, 4.69) is 15.4 Å². The SMILES string of the molecule is O=C(O)N1CCCC(Cn2ncnn2)C1. The van der Waals surface area contributed by atoms with Crippen LogP contribution in [0.15, 0.2) is 6.33 Å². The normalized spacial score (nSPS) is 21.6. The molecule has 0 aliphatic carbocycles. The van der Waals surface area contributed by atoms with Crippen molar-refractivity contribution < 1.29 is 9.90 Å². The van der Waals surface area contributed by atoms with E-state index in [0.29, 0.717) is 25.6 Å². The molecule has 1 amide bonds. The maximum absolute atomic E-state index is 10.8. The third-order valence-corrected chi connectivity index (χ3v) is 2.60. The Morgan fingerprint density at radius 3 is 3.13 bits per heavy atom. The molecule has 1 N–H and O–H groups in total. The molecule has 1 aromatic heterocycles. The van der Waals surface area contributed by atoms with Crippen LogP contribution < -0.4 is 0 Å². The molecule has 1 saturated heterocycles. The lowest BCUT2D eigenvalue weighted by Crippen LogP contribution is -2.40. The Balaban J connectivity index is 1.90. The van der Waals surface area contributed by atoms with Crippen molar-refractivity contribution in [2.75, 3.05) is 13.1 Å². The minimum Gasteiger partial charge on any atom is -0.465 e. The van der Waals surface area contributed by atoms with Gasteiger partial charge in [-0.3, -0.25) is 0 Å². The molecule has 1 atom stereocenters. The molecule has 1 aromatic rings. The van der Waals surface area contributed by atoms with Crippen LogP contribution in [0.5, 0.6) is 0 Å². The number of nitrogens with zero attached hydrogens (tertiary/aromatic N) is 5. The third-order valence-electron chi connectivity index (χ3n) is 2.60. The summed E-state index contributed by atoms with van der Waals surface area (Å²) >= 11 is 0. The predicted molar refractivity (Wildman–Crippen MR) is 50.1 cm³/mol. The number of likely N-dealkylation sites (tertiary alicyclic amines) is 1. The Morgan fingerprint density at radius 2 is 2.47 bits per heavy atom. The number of aromatic nitrogens is 4. The van der Waals surface area contributed by atoms with E-state index >= 15 is 0 Å². The Labute approximate surface area is 86.7 Å². The average Bonchev–Trinajstić information content (AvgIpc) is 2.71. The number of rotatable bonds is 2. The van der Waals surface area contributed by atoms with E-state index in [1.165, 1.54) is 16.0 Å². The molecule has 0 radical (unpaired) electrons. The molecule has 7 heteroatoms. The fourth-order valence-electron chi connectivity index (χ4n) is 1.89. The second-order valence-electron chi connectivity index (χ2n) is 3.73. The minimum atomic E-state index is -0.841. The smallest absolute Gasteiger partial charge is 0.407 e. The highest BCUT2D eigenvalue weighted by Crippen LogP contribution is 2.17. The first-order valence-corrected chi connectivity index (χ1v) is 4.94. The van der Waals surface area contributed by atoms with Gasteiger partial charge in [-0.05, 0) is 24.0 Å². The highest BCUT2D eigenvalue weighted by atomic mass is 16.4. The summed E-state index contributed by atoms with van der Waals surface area (Å²) in [6, 6.07) is 0. The van der Waals surface area contributed by atoms with Crippen molar-refractivity contribution in [3.63, 3.8) is 0 Å². The number of tetrazole rings is 1. The molecule has 1 unspecified atom stereocenters. The van der Waals surface area contributed by atoms with Crippen LogP contribution in [-0.4, -0.2) is 49.4 Å². The summed E-state index contributed by atoms with van der Waals surface area (Å²) in [4.78, 5) is 13.7. The Morgan fingerprint density at radius 1 is 1.60 bits per heavy atom. The quantitative estimate of drug-likeness (QED) is 0.747. The van der Waals surface area contributed by atoms with E-state index in [-0.39, 0.29) is 0 Å². The molecule has 7 nitrogen and oxygen atoms in total. The summed E-state index contributed by atoms with van der Waals surface area (Å²) in [5, 5.41) is 20.1. The second-order valence-corrected chi connectivity index (χ2v) is 3.73. The first-order valence-electron chi connectivity index (χ1n) is 4.94. The molecule has 0 aromatic carbocycles. The van der Waals surface area contributed by atoms with Gasteiger partial charge in [0, 0.05) is 13.1 Å². The molecule has 15 heavy (non-hydrogen) atoms. The average molecular weight is 211 g/mol. The van der Waals surface area contributed by atoms with Gasteiger partial charge in [0.1, 0.15) is 0 Å². The number of hydrogen-bond donors (Lipinski definition) is 1. The van der Waals surface area contributed by atoms with Crippen LogP contribution >= 0.6 is 0 Å². The maximum atomic E-state index is 10.8. The zero-order chi connectivity index (χ0) is 10.7. The standard InChI is InChI=1S/C8H13N5O2/c14-8(15)12-3-1-2-7(4-12)5-13-10-6-9-11-13/h6-7H,1-5H2,(H,14,15). The first-order chi connectivity index (χ1) is 7.25. The van der Waals surface area contributed by atoms with Gasteiger partial charge in [0.2, 0.25) is 0 Å². The van der Waals surface area contributed by atoms with Crippen molar-refractivity contribution in [2.45, 2.75) is 19.4 Å². The van der Waals surface area contributed by atoms with Crippen molar-refractivity contribution >= 4 is 6.09 Å². The van der Waals surface area contributed by atoms with Crippen LogP contribution in [0.1, 0.15) is 12.8 Å². The molecule has 1 aliphatic rings. The van der Waals surface area contributed by atoms with Crippen molar-refractivity contribution in [3.05, 3.63) is 6.33 Å². The van der Waals surface area contributed by atoms with E-state index in [1.807, 2.05) is 0 Å². The lowest BCUT2D eigenvalue weighted by Gasteiger charge is -2.30. The molecule has 1 fully saturated rings. The van der Waals surface area contributed by atoms with Gasteiger partial charge in [-0.15, -0.1) is 10.2 Å². The number of carboxylic acid groups (broad SMARTS) is 1. The molecule has 2 rings (SSSR count). The lowest BCUT2D eigenvalue weighted by molar-refractivity contribution is 0.114. The van der Waals surface area contributed by atoms with Crippen molar-refractivity contribution in [1.29, 1.82) is 0 Å². The van der Waals surface area contributed by atoms with Crippen LogP contribution in [0.4, 0.5) is 4.79 Å². The van der Waals surface area contributed by atoms with Crippen LogP contribution in [0.25, 0.3) is 0 Å². The van der Waals surface area contributed by atoms with E-state index < -0.39 is 6.09 Å². The molecule has 2 heterocycles. The third kappa shape index (κ3) is 2.42. The van der Waals surface area contributed by atoms with Crippen molar-refractivity contribution in [1.82, 2.24) is 25.1 Å². The lowest BCUT2D eigenvalue weighted by atomic mass is 9.99. The predicted octanol–water partition coefficient (Wildman–Crippen LogP) is 0.0631. The molecular formula is C8H13N5O2. The van der Waals surface area contributed by atoms with Crippen LogP contribution in [0.2, 0.25) is 0 Å². The van der Waals surface area contributed by atoms with Crippen LogP contribution in [0.3, 0.4) is 0 Å². The maximum Gasteiger partial charge on any atom is 0.407 e. The monoisotopic (exact) mass is 211 g/mol. The van der Waals surface area contributed by atoms with Gasteiger partial charge in [-0.25, -0.2) is 4.79 Å². The topological polar surface area (TPSA) is 84.1 Å². The summed E-state index contributed by atoms with van der Waals surface area (Å²) in [5.41, 5.74) is 0. The fraction of sp³-hybridized carbons (Fsp3) is 0.750. The van der Waals surface area contributed by atoms with Gasteiger partial charge in [0.05, 0.1) is 6.54 Å². The van der Waals surface area contributed by atoms with E-state index in [9.17, 15) is 4.79 Å². The highest BCUT2D eigenvalue weighted by molar-refractivity contribution is 5.65. The molecule has 0 spiro atoms. The molecule has 0 saturated carbocycles. The zero-order valence-electron chi connectivity index (χ0n) is 8.28.